The van der Waals surface area contributed by atoms with Crippen molar-refractivity contribution in [1.29, 1.82) is 5.26 Å². The molecule has 1 spiro atoms. The molecule has 0 radical (unpaired) electrons. The van der Waals surface area contributed by atoms with Gasteiger partial charge in [-0.25, -0.2) is 4.79 Å². The smallest absolute Gasteiger partial charge is 0.327 e. The first kappa shape index (κ1) is 52.5. The summed E-state index contributed by atoms with van der Waals surface area (Å²) in [6.45, 7) is 1.78. The lowest BCUT2D eigenvalue weighted by molar-refractivity contribution is -0.0610. The Kier molecular flexibility index (Phi) is 28.7. The molecular formula is C53H92ClN3O3. The van der Waals surface area contributed by atoms with Crippen LogP contribution in [-0.4, -0.2) is 46.1 Å². The number of hydrogen-bond donors (Lipinski definition) is 2. The van der Waals surface area contributed by atoms with Gasteiger partial charge >= 0.3 is 6.03 Å². The van der Waals surface area contributed by atoms with Crippen LogP contribution in [0.5, 0.6) is 0 Å². The Morgan fingerprint density at radius 2 is 0.850 bits per heavy atom. The van der Waals surface area contributed by atoms with Gasteiger partial charge in [0.15, 0.2) is 6.23 Å². The number of hydrogen-bond acceptors (Lipinski definition) is 4. The highest BCUT2D eigenvalue weighted by molar-refractivity contribution is 6.33. The van der Waals surface area contributed by atoms with Crippen LogP contribution in [0, 0.1) is 18.3 Å². The van der Waals surface area contributed by atoms with Gasteiger partial charge in [-0.05, 0) is 37.5 Å². The molecule has 3 rings (SSSR count). The van der Waals surface area contributed by atoms with Crippen molar-refractivity contribution in [2.75, 3.05) is 11.9 Å². The molecule has 1 saturated heterocycles. The van der Waals surface area contributed by atoms with Gasteiger partial charge in [-0.15, -0.1) is 0 Å². The number of carbonyl (C=O) groups is 1. The van der Waals surface area contributed by atoms with Crippen molar-refractivity contribution < 1.29 is 15.0 Å². The van der Waals surface area contributed by atoms with Gasteiger partial charge in [-0.3, -0.25) is 4.90 Å². The van der Waals surface area contributed by atoms with Crippen molar-refractivity contribution in [3.8, 4) is 6.07 Å². The third kappa shape index (κ3) is 18.9. The van der Waals surface area contributed by atoms with E-state index in [0.29, 0.717) is 34.7 Å². The summed E-state index contributed by atoms with van der Waals surface area (Å²) >= 11 is 6.55. The number of aliphatic hydroxyl groups is 2. The highest BCUT2D eigenvalue weighted by Gasteiger charge is 2.59. The van der Waals surface area contributed by atoms with Crippen LogP contribution in [0.1, 0.15) is 268 Å². The zero-order chi connectivity index (χ0) is 43.1. The first-order chi connectivity index (χ1) is 29.4. The number of nitriles is 1. The molecular weight excluding hydrogens is 762 g/mol. The van der Waals surface area contributed by atoms with Gasteiger partial charge in [0.1, 0.15) is 11.6 Å². The zero-order valence-corrected chi connectivity index (χ0v) is 39.9. The Labute approximate surface area is 375 Å². The fourth-order valence-electron chi connectivity index (χ4n) is 10.3. The first-order valence-corrected chi connectivity index (χ1v) is 26.4. The quantitative estimate of drug-likeness (QED) is 0.295. The summed E-state index contributed by atoms with van der Waals surface area (Å²) in [7, 11) is 1.74. The van der Waals surface area contributed by atoms with E-state index in [4.69, 9.17) is 11.6 Å². The lowest BCUT2D eigenvalue weighted by Gasteiger charge is -2.42. The molecule has 2 amide bonds. The Balaban J connectivity index is 1.48. The molecule has 60 heavy (non-hydrogen) atoms. The molecule has 3 unspecified atom stereocenters. The van der Waals surface area contributed by atoms with Gasteiger partial charge < -0.3 is 15.1 Å². The number of benzene rings is 1. The lowest BCUT2D eigenvalue weighted by Crippen LogP contribution is -2.59. The van der Waals surface area contributed by atoms with Crippen LogP contribution < -0.4 is 4.90 Å². The lowest BCUT2D eigenvalue weighted by atomic mass is 9.81. The van der Waals surface area contributed by atoms with Crippen LogP contribution in [-0.2, 0) is 0 Å². The molecule has 0 aromatic heterocycles. The number of rotatable bonds is 1. The van der Waals surface area contributed by atoms with E-state index in [1.807, 2.05) is 0 Å². The van der Waals surface area contributed by atoms with Crippen LogP contribution in [0.3, 0.4) is 0 Å². The van der Waals surface area contributed by atoms with E-state index < -0.39 is 17.9 Å². The van der Waals surface area contributed by atoms with Gasteiger partial charge in [0.05, 0.1) is 22.4 Å². The van der Waals surface area contributed by atoms with Crippen LogP contribution in [0.2, 0.25) is 5.02 Å². The van der Waals surface area contributed by atoms with E-state index in [2.05, 4.69) is 6.07 Å². The number of nitrogens with zero attached hydrogens (tertiary/aromatic N) is 3. The van der Waals surface area contributed by atoms with Crippen LogP contribution >= 0.6 is 11.6 Å². The van der Waals surface area contributed by atoms with E-state index in [-0.39, 0.29) is 6.03 Å². The fraction of sp³-hybridized carbons (Fsp3) is 0.849. The summed E-state index contributed by atoms with van der Waals surface area (Å²) in [5.74, 6) is 0. The molecule has 3 atom stereocenters. The largest absolute Gasteiger partial charge is 0.390 e. The topological polar surface area (TPSA) is 87.8 Å². The van der Waals surface area contributed by atoms with Crippen molar-refractivity contribution in [3.05, 3.63) is 28.3 Å². The third-order valence-corrected chi connectivity index (χ3v) is 14.9. The number of carbonyl (C=O) groups excluding carboxylic acids is 1. The van der Waals surface area contributed by atoms with Crippen molar-refractivity contribution >= 4 is 23.3 Å². The van der Waals surface area contributed by atoms with Gasteiger partial charge in [0.25, 0.3) is 0 Å². The van der Waals surface area contributed by atoms with Gasteiger partial charge in [-0.2, -0.15) is 5.26 Å². The molecule has 0 bridgehead atoms. The fourth-order valence-corrected chi connectivity index (χ4v) is 10.5. The zero-order valence-electron chi connectivity index (χ0n) is 39.1. The second-order valence-corrected chi connectivity index (χ2v) is 19.6. The maximum absolute atomic E-state index is 14.0. The summed E-state index contributed by atoms with van der Waals surface area (Å²) in [5, 5.41) is 33.9. The Morgan fingerprint density at radius 3 is 1.17 bits per heavy atom. The van der Waals surface area contributed by atoms with Crippen LogP contribution in [0.15, 0.2) is 12.1 Å². The summed E-state index contributed by atoms with van der Waals surface area (Å²) in [6, 6.07) is 5.08. The molecule has 7 heteroatoms. The molecule has 1 saturated carbocycles. The van der Waals surface area contributed by atoms with Crippen molar-refractivity contribution in [2.24, 2.45) is 0 Å². The average Bonchev–Trinajstić information content (AvgIpc) is 3.43. The number of anilines is 1. The highest BCUT2D eigenvalue weighted by atomic mass is 35.5. The van der Waals surface area contributed by atoms with Gasteiger partial charge in [-0.1, -0.05) is 256 Å². The summed E-state index contributed by atoms with van der Waals surface area (Å²) in [5.41, 5.74) is 0.300. The third-order valence-electron chi connectivity index (χ3n) is 14.4. The minimum Gasteiger partial charge on any atom is -0.390 e. The molecule has 1 aromatic carbocycles. The minimum absolute atomic E-state index is 0.291. The number of amides is 2. The van der Waals surface area contributed by atoms with E-state index in [0.717, 1.165) is 38.5 Å². The number of urea groups is 1. The molecule has 2 aliphatic rings. The minimum atomic E-state index is -1.23. The summed E-state index contributed by atoms with van der Waals surface area (Å²) < 4.78 is 0. The van der Waals surface area contributed by atoms with Crippen molar-refractivity contribution in [2.45, 2.75) is 282 Å². The standard InChI is InChI=1S/C53H92ClN3O3/c1-46-48(43-42-47(45-55)50(46)54)57-51(59)53(56(2)52(57)60)44-40-38-36-34-32-30-28-26-24-22-20-18-16-14-12-10-8-6-4-3-5-7-9-11-13-15-17-19-21-23-25-27-29-31-33-35-37-39-41-49(53)58/h42-43,49,51,58-59H,3-41,44H2,1-2H3. The second-order valence-electron chi connectivity index (χ2n) is 19.2. The Hall–Kier alpha value is -1.81. The van der Waals surface area contributed by atoms with E-state index in [1.54, 1.807) is 31.0 Å². The Bertz CT molecular complexity index is 1300. The van der Waals surface area contributed by atoms with Gasteiger partial charge in [0.2, 0.25) is 0 Å². The van der Waals surface area contributed by atoms with E-state index in [1.165, 1.54) is 210 Å². The molecule has 1 aromatic rings. The number of aliphatic hydroxyl groups excluding tert-OH is 2. The van der Waals surface area contributed by atoms with Crippen molar-refractivity contribution in [1.82, 2.24) is 4.90 Å². The molecule has 6 nitrogen and oxygen atoms in total. The second kappa shape index (κ2) is 32.8. The predicted molar refractivity (Wildman–Crippen MR) is 256 cm³/mol. The maximum Gasteiger partial charge on any atom is 0.327 e. The normalized spacial score (nSPS) is 26.4. The maximum atomic E-state index is 14.0. The molecule has 1 aliphatic heterocycles. The van der Waals surface area contributed by atoms with E-state index >= 15 is 0 Å². The van der Waals surface area contributed by atoms with Crippen LogP contribution in [0.25, 0.3) is 0 Å². The summed E-state index contributed by atoms with van der Waals surface area (Å²) in [6.07, 6.45) is 49.6. The summed E-state index contributed by atoms with van der Waals surface area (Å²) in [4.78, 5) is 17.0. The van der Waals surface area contributed by atoms with Crippen LogP contribution in [0.4, 0.5) is 10.5 Å². The highest BCUT2D eigenvalue weighted by Crippen LogP contribution is 2.44. The molecule has 1 heterocycles. The monoisotopic (exact) mass is 854 g/mol. The molecule has 344 valence electrons. The molecule has 1 aliphatic carbocycles. The molecule has 2 N–H and O–H groups in total. The van der Waals surface area contributed by atoms with Crippen molar-refractivity contribution in [3.63, 3.8) is 0 Å². The molecule has 2 fully saturated rings. The van der Waals surface area contributed by atoms with Gasteiger partial charge in [0, 0.05) is 7.05 Å². The average molecular weight is 855 g/mol. The predicted octanol–water partition coefficient (Wildman–Crippen LogP) is 16.4. The van der Waals surface area contributed by atoms with E-state index in [9.17, 15) is 20.3 Å². The number of likely N-dealkylation sites (N-methyl/N-ethyl adjacent to an activating group) is 1. The Morgan fingerprint density at radius 1 is 0.550 bits per heavy atom. The number of halogens is 1. The SMILES string of the molecule is Cc1c(N2C(=O)N(C)C3(CCCCCCCCCCCCCCCCCCCCCCCCCCCCCCCCCCCCCCCCC3O)C2O)ccc(C#N)c1Cl. The first-order valence-electron chi connectivity index (χ1n) is 26.0.